The Kier molecular flexibility index (Phi) is 6.39. The number of fused-ring (bicyclic) bond motifs is 1. The van der Waals surface area contributed by atoms with Gasteiger partial charge in [-0.15, -0.1) is 11.8 Å². The molecule has 0 saturated carbocycles. The fraction of sp³-hybridized carbons (Fsp3) is 0.190. The van der Waals surface area contributed by atoms with E-state index in [0.717, 1.165) is 10.1 Å². The SMILES string of the molecule is CN(C)S(=O)(=O)c1cccc(NC(=O)CSCc2cccc3ccccc23)c1. The summed E-state index contributed by atoms with van der Waals surface area (Å²) in [5, 5.41) is 5.15. The van der Waals surface area contributed by atoms with E-state index in [1.165, 1.54) is 54.3 Å². The zero-order chi connectivity index (χ0) is 20.1. The molecular formula is C21H22N2O3S2. The molecule has 28 heavy (non-hydrogen) atoms. The van der Waals surface area contributed by atoms with Crippen LogP contribution in [0.5, 0.6) is 0 Å². The largest absolute Gasteiger partial charge is 0.325 e. The molecular weight excluding hydrogens is 392 g/mol. The molecule has 0 radical (unpaired) electrons. The number of carbonyl (C=O) groups excluding carboxylic acids is 1. The average molecular weight is 415 g/mol. The van der Waals surface area contributed by atoms with Gasteiger partial charge in [0, 0.05) is 25.5 Å². The van der Waals surface area contributed by atoms with Crippen LogP contribution in [0.2, 0.25) is 0 Å². The summed E-state index contributed by atoms with van der Waals surface area (Å²) in [6.07, 6.45) is 0. The van der Waals surface area contributed by atoms with Gasteiger partial charge in [-0.3, -0.25) is 4.79 Å². The maximum absolute atomic E-state index is 12.3. The van der Waals surface area contributed by atoms with Gasteiger partial charge in [0.05, 0.1) is 10.6 Å². The first kappa shape index (κ1) is 20.4. The van der Waals surface area contributed by atoms with E-state index in [1.54, 1.807) is 12.1 Å². The molecule has 146 valence electrons. The number of anilines is 1. The lowest BCUT2D eigenvalue weighted by molar-refractivity contribution is -0.113. The molecule has 1 amide bonds. The number of amides is 1. The third kappa shape index (κ3) is 4.73. The molecule has 0 aliphatic rings. The topological polar surface area (TPSA) is 66.5 Å². The second-order valence-corrected chi connectivity index (χ2v) is 9.63. The van der Waals surface area contributed by atoms with Crippen LogP contribution in [0.25, 0.3) is 10.8 Å². The third-order valence-electron chi connectivity index (χ3n) is 4.27. The van der Waals surface area contributed by atoms with E-state index in [1.807, 2.05) is 18.2 Å². The van der Waals surface area contributed by atoms with Gasteiger partial charge in [0.2, 0.25) is 15.9 Å². The van der Waals surface area contributed by atoms with Gasteiger partial charge in [0.25, 0.3) is 0 Å². The molecule has 3 aromatic carbocycles. The van der Waals surface area contributed by atoms with Gasteiger partial charge in [-0.1, -0.05) is 48.5 Å². The number of carbonyl (C=O) groups is 1. The van der Waals surface area contributed by atoms with Crippen molar-refractivity contribution in [3.05, 3.63) is 72.3 Å². The number of sulfonamides is 1. The highest BCUT2D eigenvalue weighted by molar-refractivity contribution is 7.99. The van der Waals surface area contributed by atoms with Gasteiger partial charge < -0.3 is 5.32 Å². The summed E-state index contributed by atoms with van der Waals surface area (Å²) in [5.41, 5.74) is 1.66. The van der Waals surface area contributed by atoms with Crippen molar-refractivity contribution in [3.63, 3.8) is 0 Å². The molecule has 5 nitrogen and oxygen atoms in total. The van der Waals surface area contributed by atoms with Crippen LogP contribution in [0.1, 0.15) is 5.56 Å². The zero-order valence-electron chi connectivity index (χ0n) is 15.8. The Bertz CT molecular complexity index is 1090. The van der Waals surface area contributed by atoms with E-state index in [2.05, 4.69) is 29.6 Å². The van der Waals surface area contributed by atoms with Crippen molar-refractivity contribution < 1.29 is 13.2 Å². The summed E-state index contributed by atoms with van der Waals surface area (Å²) in [6.45, 7) is 0. The number of thioether (sulfide) groups is 1. The smallest absolute Gasteiger partial charge is 0.242 e. The van der Waals surface area contributed by atoms with E-state index < -0.39 is 10.0 Å². The first-order valence-electron chi connectivity index (χ1n) is 8.75. The molecule has 7 heteroatoms. The minimum atomic E-state index is -3.53. The molecule has 0 aliphatic heterocycles. The van der Waals surface area contributed by atoms with Crippen LogP contribution in [-0.2, 0) is 20.6 Å². The third-order valence-corrected chi connectivity index (χ3v) is 7.06. The van der Waals surface area contributed by atoms with Crippen LogP contribution < -0.4 is 5.32 Å². The summed E-state index contributed by atoms with van der Waals surface area (Å²) in [5.74, 6) is 0.849. The maximum Gasteiger partial charge on any atom is 0.242 e. The molecule has 1 N–H and O–H groups in total. The molecule has 0 bridgehead atoms. The van der Waals surface area contributed by atoms with Crippen LogP contribution in [0.15, 0.2) is 71.6 Å². The van der Waals surface area contributed by atoms with Crippen molar-refractivity contribution in [1.29, 1.82) is 0 Å². The van der Waals surface area contributed by atoms with Crippen LogP contribution in [-0.4, -0.2) is 38.5 Å². The summed E-state index contributed by atoms with van der Waals surface area (Å²) in [7, 11) is -0.579. The Balaban J connectivity index is 1.61. The second kappa shape index (κ2) is 8.77. The van der Waals surface area contributed by atoms with Crippen molar-refractivity contribution in [2.24, 2.45) is 0 Å². The fourth-order valence-electron chi connectivity index (χ4n) is 2.81. The lowest BCUT2D eigenvalue weighted by Crippen LogP contribution is -2.22. The van der Waals surface area contributed by atoms with Crippen LogP contribution >= 0.6 is 11.8 Å². The molecule has 3 aromatic rings. The molecule has 0 fully saturated rings. The molecule has 0 saturated heterocycles. The minimum Gasteiger partial charge on any atom is -0.325 e. The van der Waals surface area contributed by atoms with E-state index in [-0.39, 0.29) is 16.6 Å². The average Bonchev–Trinajstić information content (AvgIpc) is 2.68. The predicted octanol–water partition coefficient (Wildman–Crippen LogP) is 3.96. The molecule has 0 aliphatic carbocycles. The van der Waals surface area contributed by atoms with E-state index in [0.29, 0.717) is 5.69 Å². The summed E-state index contributed by atoms with van der Waals surface area (Å²) >= 11 is 1.52. The predicted molar refractivity (Wildman–Crippen MR) is 116 cm³/mol. The van der Waals surface area contributed by atoms with Gasteiger partial charge in [0.1, 0.15) is 0 Å². The molecule has 0 atom stereocenters. The van der Waals surface area contributed by atoms with Crippen molar-refractivity contribution in [3.8, 4) is 0 Å². The van der Waals surface area contributed by atoms with Gasteiger partial charge in [-0.2, -0.15) is 0 Å². The van der Waals surface area contributed by atoms with Crippen molar-refractivity contribution in [2.45, 2.75) is 10.6 Å². The van der Waals surface area contributed by atoms with E-state index in [9.17, 15) is 13.2 Å². The lowest BCUT2D eigenvalue weighted by Gasteiger charge is -2.12. The summed E-state index contributed by atoms with van der Waals surface area (Å²) in [4.78, 5) is 12.4. The van der Waals surface area contributed by atoms with E-state index in [4.69, 9.17) is 0 Å². The molecule has 0 unspecified atom stereocenters. The van der Waals surface area contributed by atoms with Crippen LogP contribution in [0.3, 0.4) is 0 Å². The number of hydrogen-bond acceptors (Lipinski definition) is 4. The molecule has 3 rings (SSSR count). The maximum atomic E-state index is 12.3. The Hall–Kier alpha value is -2.35. The van der Waals surface area contributed by atoms with E-state index >= 15 is 0 Å². The molecule has 0 spiro atoms. The van der Waals surface area contributed by atoms with Crippen molar-refractivity contribution in [1.82, 2.24) is 4.31 Å². The van der Waals surface area contributed by atoms with Crippen LogP contribution in [0, 0.1) is 0 Å². The van der Waals surface area contributed by atoms with Crippen molar-refractivity contribution in [2.75, 3.05) is 25.2 Å². The van der Waals surface area contributed by atoms with Gasteiger partial charge >= 0.3 is 0 Å². The second-order valence-electron chi connectivity index (χ2n) is 6.49. The molecule has 0 heterocycles. The number of hydrogen-bond donors (Lipinski definition) is 1. The first-order valence-corrected chi connectivity index (χ1v) is 11.3. The minimum absolute atomic E-state index is 0.152. The normalized spacial score (nSPS) is 11.7. The summed E-state index contributed by atoms with van der Waals surface area (Å²) < 4.78 is 25.6. The quantitative estimate of drug-likeness (QED) is 0.635. The Morgan fingerprint density at radius 2 is 1.71 bits per heavy atom. The van der Waals surface area contributed by atoms with Gasteiger partial charge in [-0.05, 0) is 34.5 Å². The highest BCUT2D eigenvalue weighted by atomic mass is 32.2. The number of nitrogens with one attached hydrogen (secondary N) is 1. The Morgan fingerprint density at radius 1 is 1.00 bits per heavy atom. The van der Waals surface area contributed by atoms with Gasteiger partial charge in [-0.25, -0.2) is 12.7 Å². The van der Waals surface area contributed by atoms with Crippen LogP contribution in [0.4, 0.5) is 5.69 Å². The molecule has 0 aromatic heterocycles. The fourth-order valence-corrected chi connectivity index (χ4v) is 4.59. The zero-order valence-corrected chi connectivity index (χ0v) is 17.4. The summed E-state index contributed by atoms with van der Waals surface area (Å²) in [6, 6.07) is 20.6. The Labute approximate surface area is 169 Å². The number of benzene rings is 3. The lowest BCUT2D eigenvalue weighted by atomic mass is 10.1. The van der Waals surface area contributed by atoms with Crippen molar-refractivity contribution >= 4 is 44.2 Å². The highest BCUT2D eigenvalue weighted by Crippen LogP contribution is 2.23. The Morgan fingerprint density at radius 3 is 2.50 bits per heavy atom. The van der Waals surface area contributed by atoms with Gasteiger partial charge in [0.15, 0.2) is 0 Å². The first-order chi connectivity index (χ1) is 13.4. The standard InChI is InChI=1S/C21H22N2O3S2/c1-23(2)28(25,26)19-11-6-10-18(13-19)22-21(24)15-27-14-17-9-5-8-16-7-3-4-12-20(16)17/h3-13H,14-15H2,1-2H3,(H,22,24). The highest BCUT2D eigenvalue weighted by Gasteiger charge is 2.17. The number of rotatable bonds is 7. The monoisotopic (exact) mass is 414 g/mol. The number of nitrogens with zero attached hydrogens (tertiary/aromatic N) is 1.